The lowest BCUT2D eigenvalue weighted by Crippen LogP contribution is -2.38. The first-order chi connectivity index (χ1) is 14.6. The number of benzene rings is 2. The second kappa shape index (κ2) is 8.69. The van der Waals surface area contributed by atoms with Crippen molar-refractivity contribution in [2.45, 2.75) is 32.7 Å². The van der Waals surface area contributed by atoms with E-state index in [9.17, 15) is 9.59 Å². The monoisotopic (exact) mass is 404 g/mol. The summed E-state index contributed by atoms with van der Waals surface area (Å²) in [5, 5.41) is 3.41. The van der Waals surface area contributed by atoms with E-state index < -0.39 is 0 Å². The first kappa shape index (κ1) is 20.1. The average Bonchev–Trinajstić information content (AvgIpc) is 2.80. The smallest absolute Gasteiger partial charge is 0.261 e. The molecule has 156 valence electrons. The highest BCUT2D eigenvalue weighted by Crippen LogP contribution is 2.27. The molecule has 1 N–H and O–H groups in total. The molecule has 6 nitrogen and oxygen atoms in total. The summed E-state index contributed by atoms with van der Waals surface area (Å²) >= 11 is 0. The van der Waals surface area contributed by atoms with Crippen molar-refractivity contribution in [3.8, 4) is 0 Å². The molecule has 0 unspecified atom stereocenters. The van der Waals surface area contributed by atoms with E-state index in [2.05, 4.69) is 10.2 Å². The van der Waals surface area contributed by atoms with Crippen LogP contribution in [0.1, 0.15) is 35.9 Å². The number of nitrogens with one attached hydrogen (secondary N) is 1. The van der Waals surface area contributed by atoms with Gasteiger partial charge in [0, 0.05) is 38.8 Å². The van der Waals surface area contributed by atoms with Crippen LogP contribution in [0.15, 0.2) is 53.3 Å². The molecule has 0 saturated carbocycles. The highest BCUT2D eigenvalue weighted by Gasteiger charge is 2.24. The topological polar surface area (TPSA) is 67.2 Å². The maximum atomic E-state index is 13.1. The maximum absolute atomic E-state index is 13.1. The van der Waals surface area contributed by atoms with Crippen molar-refractivity contribution in [1.29, 1.82) is 0 Å². The van der Waals surface area contributed by atoms with Crippen LogP contribution in [0.2, 0.25) is 0 Å². The number of carbonyl (C=O) groups is 1. The Balaban J connectivity index is 1.52. The summed E-state index contributed by atoms with van der Waals surface area (Å²) in [6.07, 6.45) is 2.69. The molecule has 0 atom stereocenters. The van der Waals surface area contributed by atoms with Crippen molar-refractivity contribution in [3.05, 3.63) is 70.3 Å². The molecule has 1 fully saturated rings. The summed E-state index contributed by atoms with van der Waals surface area (Å²) in [5.41, 5.74) is 2.52. The highest BCUT2D eigenvalue weighted by atomic mass is 16.1. The Morgan fingerprint density at radius 3 is 2.53 bits per heavy atom. The molecule has 1 aromatic heterocycles. The molecular weight excluding hydrogens is 376 g/mol. The van der Waals surface area contributed by atoms with Crippen LogP contribution in [0.3, 0.4) is 0 Å². The molecule has 0 radical (unpaired) electrons. The Labute approximate surface area is 176 Å². The zero-order chi connectivity index (χ0) is 21.1. The van der Waals surface area contributed by atoms with Gasteiger partial charge in [0.05, 0.1) is 16.5 Å². The van der Waals surface area contributed by atoms with Gasteiger partial charge in [-0.15, -0.1) is 0 Å². The number of para-hydroxylation sites is 2. The number of aryl methyl sites for hydroxylation is 1. The zero-order valence-electron chi connectivity index (χ0n) is 17.6. The summed E-state index contributed by atoms with van der Waals surface area (Å²) in [6.45, 7) is 4.49. The number of aromatic nitrogens is 2. The second-order valence-corrected chi connectivity index (χ2v) is 7.84. The molecule has 6 heteroatoms. The minimum atomic E-state index is -0.0610. The largest absolute Gasteiger partial charge is 0.371 e. The Bertz CT molecular complexity index is 1110. The predicted molar refractivity (Wildman–Crippen MR) is 120 cm³/mol. The van der Waals surface area contributed by atoms with Gasteiger partial charge < -0.3 is 10.2 Å². The summed E-state index contributed by atoms with van der Waals surface area (Å²) < 4.78 is 1.88. The first-order valence-corrected chi connectivity index (χ1v) is 10.7. The number of anilines is 1. The third-order valence-electron chi connectivity index (χ3n) is 6.03. The molecule has 0 aliphatic carbocycles. The van der Waals surface area contributed by atoms with Gasteiger partial charge in [-0.2, -0.15) is 0 Å². The number of rotatable bonds is 5. The Hall–Kier alpha value is -3.15. The van der Waals surface area contributed by atoms with Crippen LogP contribution >= 0.6 is 0 Å². The SMILES string of the molecule is CCc1nc2ccccc2c(=O)n1CC1CCN(c2ccccc2C(=O)NC)CC1. The van der Waals surface area contributed by atoms with E-state index in [-0.39, 0.29) is 11.5 Å². The summed E-state index contributed by atoms with van der Waals surface area (Å²) in [6, 6.07) is 15.3. The molecule has 1 amide bonds. The molecular formula is C24H28N4O2. The Morgan fingerprint density at radius 1 is 1.10 bits per heavy atom. The third-order valence-corrected chi connectivity index (χ3v) is 6.03. The van der Waals surface area contributed by atoms with E-state index in [1.54, 1.807) is 7.05 Å². The zero-order valence-corrected chi connectivity index (χ0v) is 17.6. The molecule has 2 aromatic carbocycles. The van der Waals surface area contributed by atoms with Gasteiger partial charge in [-0.25, -0.2) is 4.98 Å². The molecule has 30 heavy (non-hydrogen) atoms. The summed E-state index contributed by atoms with van der Waals surface area (Å²) in [5.74, 6) is 1.21. The second-order valence-electron chi connectivity index (χ2n) is 7.84. The van der Waals surface area contributed by atoms with Gasteiger partial charge in [-0.05, 0) is 43.0 Å². The van der Waals surface area contributed by atoms with Gasteiger partial charge in [-0.3, -0.25) is 14.2 Å². The third kappa shape index (κ3) is 3.82. The van der Waals surface area contributed by atoms with Gasteiger partial charge in [-0.1, -0.05) is 31.2 Å². The molecule has 4 rings (SSSR count). The van der Waals surface area contributed by atoms with Crippen molar-refractivity contribution in [2.24, 2.45) is 5.92 Å². The number of hydrogen-bond acceptors (Lipinski definition) is 4. The number of fused-ring (bicyclic) bond motifs is 1. The van der Waals surface area contributed by atoms with Crippen molar-refractivity contribution >= 4 is 22.5 Å². The van der Waals surface area contributed by atoms with Crippen LogP contribution in [0, 0.1) is 5.92 Å². The normalized spacial score (nSPS) is 14.8. The van der Waals surface area contributed by atoms with Crippen molar-refractivity contribution < 1.29 is 4.79 Å². The molecule has 0 bridgehead atoms. The lowest BCUT2D eigenvalue weighted by Gasteiger charge is -2.35. The van der Waals surface area contributed by atoms with E-state index >= 15 is 0 Å². The minimum absolute atomic E-state index is 0.0600. The van der Waals surface area contributed by atoms with Crippen LogP contribution < -0.4 is 15.8 Å². The average molecular weight is 405 g/mol. The van der Waals surface area contributed by atoms with Gasteiger partial charge in [0.15, 0.2) is 0 Å². The van der Waals surface area contributed by atoms with Crippen molar-refractivity contribution in [1.82, 2.24) is 14.9 Å². The fraction of sp³-hybridized carbons (Fsp3) is 0.375. The maximum Gasteiger partial charge on any atom is 0.261 e. The summed E-state index contributed by atoms with van der Waals surface area (Å²) in [4.78, 5) is 32.3. The molecule has 2 heterocycles. The van der Waals surface area contributed by atoms with Crippen LogP contribution in [0.5, 0.6) is 0 Å². The first-order valence-electron chi connectivity index (χ1n) is 10.7. The van der Waals surface area contributed by atoms with E-state index in [4.69, 9.17) is 4.98 Å². The van der Waals surface area contributed by atoms with Gasteiger partial charge >= 0.3 is 0 Å². The van der Waals surface area contributed by atoms with Crippen LogP contribution in [-0.2, 0) is 13.0 Å². The number of hydrogen-bond donors (Lipinski definition) is 1. The van der Waals surface area contributed by atoms with Crippen LogP contribution in [0.4, 0.5) is 5.69 Å². The number of piperidine rings is 1. The predicted octanol–water partition coefficient (Wildman–Crippen LogP) is 3.24. The fourth-order valence-electron chi connectivity index (χ4n) is 4.36. The summed E-state index contributed by atoms with van der Waals surface area (Å²) in [7, 11) is 1.66. The van der Waals surface area contributed by atoms with Crippen molar-refractivity contribution in [3.63, 3.8) is 0 Å². The molecule has 1 aliphatic heterocycles. The van der Waals surface area contributed by atoms with E-state index in [0.29, 0.717) is 23.4 Å². The lowest BCUT2D eigenvalue weighted by molar-refractivity contribution is 0.0963. The number of amides is 1. The fourth-order valence-corrected chi connectivity index (χ4v) is 4.36. The number of nitrogens with zero attached hydrogens (tertiary/aromatic N) is 3. The van der Waals surface area contributed by atoms with E-state index in [1.807, 2.05) is 60.0 Å². The van der Waals surface area contributed by atoms with Gasteiger partial charge in [0.1, 0.15) is 5.82 Å². The van der Waals surface area contributed by atoms with Crippen LogP contribution in [0.25, 0.3) is 10.9 Å². The lowest BCUT2D eigenvalue weighted by atomic mass is 9.95. The van der Waals surface area contributed by atoms with Gasteiger partial charge in [0.25, 0.3) is 11.5 Å². The quantitative estimate of drug-likeness (QED) is 0.709. The van der Waals surface area contributed by atoms with E-state index in [0.717, 1.165) is 49.4 Å². The Morgan fingerprint density at radius 2 is 1.80 bits per heavy atom. The highest BCUT2D eigenvalue weighted by molar-refractivity contribution is 5.99. The molecule has 0 spiro atoms. The minimum Gasteiger partial charge on any atom is -0.371 e. The van der Waals surface area contributed by atoms with Gasteiger partial charge in [0.2, 0.25) is 0 Å². The number of carbonyl (C=O) groups excluding carboxylic acids is 1. The van der Waals surface area contributed by atoms with Crippen LogP contribution in [-0.4, -0.2) is 35.6 Å². The molecule has 1 saturated heterocycles. The standard InChI is InChI=1S/C24H28N4O2/c1-3-22-26-20-10-6-4-8-18(20)24(30)28(22)16-17-12-14-27(15-13-17)21-11-7-5-9-19(21)23(29)25-2/h4-11,17H,3,12-16H2,1-2H3,(H,25,29). The Kier molecular flexibility index (Phi) is 5.84. The molecule has 1 aliphatic rings. The van der Waals surface area contributed by atoms with E-state index in [1.165, 1.54) is 0 Å². The van der Waals surface area contributed by atoms with Crippen molar-refractivity contribution in [2.75, 3.05) is 25.0 Å². The molecule has 3 aromatic rings.